The van der Waals surface area contributed by atoms with Crippen LogP contribution >= 0.6 is 0 Å². The van der Waals surface area contributed by atoms with E-state index in [1.165, 1.54) is 16.8 Å². The molecule has 2 rings (SSSR count). The fraction of sp³-hybridized carbons (Fsp3) is 0.231. The minimum atomic E-state index is -3.75. The Kier molecular flexibility index (Phi) is 3.63. The molecular formula is C13H16N4O2S. The van der Waals surface area contributed by atoms with Crippen molar-refractivity contribution >= 4 is 15.7 Å². The number of anilines is 1. The number of aryl methyl sites for hydroxylation is 1. The number of hydrogen-bond donors (Lipinski definition) is 1. The first-order chi connectivity index (χ1) is 9.32. The molecule has 0 fully saturated rings. The molecule has 0 spiro atoms. The van der Waals surface area contributed by atoms with E-state index in [4.69, 9.17) is 5.73 Å². The number of aromatic nitrogens is 3. The summed E-state index contributed by atoms with van der Waals surface area (Å²) < 4.78 is 26.2. The lowest BCUT2D eigenvalue weighted by atomic mass is 10.2. The highest BCUT2D eigenvalue weighted by Crippen LogP contribution is 2.24. The minimum Gasteiger partial charge on any atom is -0.381 e. The summed E-state index contributed by atoms with van der Waals surface area (Å²) in [5, 5.41) is 7.25. The number of nitrogens with zero attached hydrogens (tertiary/aromatic N) is 3. The molecule has 0 atom stereocenters. The lowest BCUT2D eigenvalue weighted by molar-refractivity contribution is 0.592. The molecule has 0 bridgehead atoms. The molecule has 20 heavy (non-hydrogen) atoms. The van der Waals surface area contributed by atoms with E-state index < -0.39 is 9.84 Å². The maximum absolute atomic E-state index is 12.4. The van der Waals surface area contributed by atoms with Gasteiger partial charge in [0.1, 0.15) is 0 Å². The van der Waals surface area contributed by atoms with E-state index in [-0.39, 0.29) is 15.7 Å². The Morgan fingerprint density at radius 1 is 1.35 bits per heavy atom. The zero-order valence-electron chi connectivity index (χ0n) is 11.4. The van der Waals surface area contributed by atoms with E-state index in [1.54, 1.807) is 19.1 Å². The average Bonchev–Trinajstić information content (AvgIpc) is 2.71. The van der Waals surface area contributed by atoms with Crippen molar-refractivity contribution in [3.05, 3.63) is 42.0 Å². The lowest BCUT2D eigenvalue weighted by Gasteiger charge is -2.04. The normalized spacial score (nSPS) is 11.5. The Balaban J connectivity index is 2.47. The number of hydrogen-bond acceptors (Lipinski definition) is 5. The quantitative estimate of drug-likeness (QED) is 0.864. The molecule has 0 saturated carbocycles. The highest BCUT2D eigenvalue weighted by molar-refractivity contribution is 7.91. The van der Waals surface area contributed by atoms with Crippen molar-refractivity contribution in [2.45, 2.75) is 30.3 Å². The van der Waals surface area contributed by atoms with E-state index in [1.807, 2.05) is 6.92 Å². The molecule has 7 heteroatoms. The van der Waals surface area contributed by atoms with Crippen molar-refractivity contribution in [3.63, 3.8) is 0 Å². The SMILES string of the molecule is C=C(C)Cn1nnc(S(=O)(=O)c2ccc(C)cc2)c1N. The molecular weight excluding hydrogens is 276 g/mol. The standard InChI is InChI=1S/C13H16N4O2S/c1-9(2)8-17-12(14)13(15-16-17)20(18,19)11-6-4-10(3)5-7-11/h4-7H,1,8,14H2,2-3H3. The van der Waals surface area contributed by atoms with Crippen molar-refractivity contribution in [1.82, 2.24) is 15.0 Å². The summed E-state index contributed by atoms with van der Waals surface area (Å²) in [6.45, 7) is 7.76. The van der Waals surface area contributed by atoms with Gasteiger partial charge >= 0.3 is 0 Å². The molecule has 6 nitrogen and oxygen atoms in total. The Labute approximate surface area is 117 Å². The zero-order valence-corrected chi connectivity index (χ0v) is 12.2. The third-order valence-corrected chi connectivity index (χ3v) is 4.44. The monoisotopic (exact) mass is 292 g/mol. The van der Waals surface area contributed by atoms with Crippen LogP contribution < -0.4 is 5.73 Å². The smallest absolute Gasteiger partial charge is 0.229 e. The van der Waals surface area contributed by atoms with Crippen LogP contribution in [0.2, 0.25) is 0 Å². The Morgan fingerprint density at radius 3 is 2.50 bits per heavy atom. The van der Waals surface area contributed by atoms with Crippen LogP contribution in [-0.2, 0) is 16.4 Å². The van der Waals surface area contributed by atoms with Gasteiger partial charge in [0, 0.05) is 0 Å². The molecule has 0 aliphatic heterocycles. The second kappa shape index (κ2) is 5.09. The van der Waals surface area contributed by atoms with Crippen molar-refractivity contribution in [1.29, 1.82) is 0 Å². The fourth-order valence-electron chi connectivity index (χ4n) is 1.70. The van der Waals surface area contributed by atoms with Gasteiger partial charge in [-0.3, -0.25) is 0 Å². The Hall–Kier alpha value is -2.15. The van der Waals surface area contributed by atoms with Crippen LogP contribution in [0.5, 0.6) is 0 Å². The molecule has 0 amide bonds. The summed E-state index contributed by atoms with van der Waals surface area (Å²) in [4.78, 5) is 0.150. The first-order valence-corrected chi connectivity index (χ1v) is 7.46. The molecule has 106 valence electrons. The largest absolute Gasteiger partial charge is 0.381 e. The first-order valence-electron chi connectivity index (χ1n) is 5.97. The van der Waals surface area contributed by atoms with Crippen LogP contribution in [0.1, 0.15) is 12.5 Å². The summed E-state index contributed by atoms with van der Waals surface area (Å²) in [5.41, 5.74) is 7.60. The number of benzene rings is 1. The number of rotatable bonds is 4. The highest BCUT2D eigenvalue weighted by atomic mass is 32.2. The molecule has 0 aliphatic rings. The molecule has 2 N–H and O–H groups in total. The summed E-state index contributed by atoms with van der Waals surface area (Å²) >= 11 is 0. The molecule has 1 aromatic heterocycles. The van der Waals surface area contributed by atoms with Gasteiger partial charge in [0.05, 0.1) is 11.4 Å². The van der Waals surface area contributed by atoms with Gasteiger partial charge in [0.2, 0.25) is 14.9 Å². The van der Waals surface area contributed by atoms with E-state index in [9.17, 15) is 8.42 Å². The number of nitrogen functional groups attached to an aromatic ring is 1. The van der Waals surface area contributed by atoms with E-state index in [0.717, 1.165) is 11.1 Å². The molecule has 1 heterocycles. The van der Waals surface area contributed by atoms with Gasteiger partial charge in [-0.25, -0.2) is 13.1 Å². The van der Waals surface area contributed by atoms with Gasteiger partial charge in [0.25, 0.3) is 0 Å². The predicted molar refractivity (Wildman–Crippen MR) is 75.9 cm³/mol. The van der Waals surface area contributed by atoms with E-state index in [0.29, 0.717) is 6.54 Å². The van der Waals surface area contributed by atoms with Gasteiger partial charge in [0.15, 0.2) is 5.82 Å². The van der Waals surface area contributed by atoms with E-state index in [2.05, 4.69) is 16.9 Å². The second-order valence-corrected chi connectivity index (χ2v) is 6.58. The molecule has 0 aliphatic carbocycles. The van der Waals surface area contributed by atoms with Crippen LogP contribution in [0.15, 0.2) is 46.3 Å². The molecule has 1 aromatic carbocycles. The fourth-order valence-corrected chi connectivity index (χ4v) is 2.94. The predicted octanol–water partition coefficient (Wildman–Crippen LogP) is 1.58. The lowest BCUT2D eigenvalue weighted by Crippen LogP contribution is -2.09. The van der Waals surface area contributed by atoms with Gasteiger partial charge in [-0.2, -0.15) is 0 Å². The Bertz CT molecular complexity index is 745. The topological polar surface area (TPSA) is 90.9 Å². The third kappa shape index (κ3) is 2.57. The number of nitrogens with two attached hydrogens (primary N) is 1. The van der Waals surface area contributed by atoms with Gasteiger partial charge in [-0.05, 0) is 26.0 Å². The van der Waals surface area contributed by atoms with Crippen LogP contribution in [0.4, 0.5) is 5.82 Å². The van der Waals surface area contributed by atoms with Gasteiger partial charge < -0.3 is 5.73 Å². The van der Waals surface area contributed by atoms with Crippen LogP contribution in [0.25, 0.3) is 0 Å². The van der Waals surface area contributed by atoms with Gasteiger partial charge in [-0.1, -0.05) is 35.1 Å². The third-order valence-electron chi connectivity index (χ3n) is 2.75. The maximum atomic E-state index is 12.4. The summed E-state index contributed by atoms with van der Waals surface area (Å²) in [6, 6.07) is 6.51. The van der Waals surface area contributed by atoms with E-state index >= 15 is 0 Å². The minimum absolute atomic E-state index is 0.0218. The summed E-state index contributed by atoms with van der Waals surface area (Å²) in [6.07, 6.45) is 0. The Morgan fingerprint density at radius 2 is 1.95 bits per heavy atom. The molecule has 0 saturated heterocycles. The molecule has 0 unspecified atom stereocenters. The van der Waals surface area contributed by atoms with Crippen LogP contribution in [-0.4, -0.2) is 23.4 Å². The van der Waals surface area contributed by atoms with Crippen molar-refractivity contribution in [2.24, 2.45) is 0 Å². The average molecular weight is 292 g/mol. The maximum Gasteiger partial charge on any atom is 0.229 e. The molecule has 2 aromatic rings. The number of sulfone groups is 1. The highest BCUT2D eigenvalue weighted by Gasteiger charge is 2.26. The second-order valence-electron chi connectivity index (χ2n) is 4.71. The van der Waals surface area contributed by atoms with Crippen molar-refractivity contribution in [2.75, 3.05) is 5.73 Å². The molecule has 0 radical (unpaired) electrons. The van der Waals surface area contributed by atoms with Crippen LogP contribution in [0.3, 0.4) is 0 Å². The summed E-state index contributed by atoms with van der Waals surface area (Å²) in [5.74, 6) is 0.0218. The van der Waals surface area contributed by atoms with Crippen molar-refractivity contribution in [3.8, 4) is 0 Å². The zero-order chi connectivity index (χ0) is 14.9. The van der Waals surface area contributed by atoms with Crippen LogP contribution in [0, 0.1) is 6.92 Å². The number of allylic oxidation sites excluding steroid dienone is 1. The first kappa shape index (κ1) is 14.3. The van der Waals surface area contributed by atoms with Gasteiger partial charge in [-0.15, -0.1) is 5.10 Å². The van der Waals surface area contributed by atoms with Crippen molar-refractivity contribution < 1.29 is 8.42 Å². The summed E-state index contributed by atoms with van der Waals surface area (Å²) in [7, 11) is -3.75.